The van der Waals surface area contributed by atoms with Gasteiger partial charge in [0.25, 0.3) is 0 Å². The van der Waals surface area contributed by atoms with Crippen LogP contribution in [0.4, 0.5) is 0 Å². The fraction of sp³-hybridized carbons (Fsp3) is 0.222. The Bertz CT molecular complexity index is 694. The van der Waals surface area contributed by atoms with Gasteiger partial charge >= 0.3 is 0 Å². The Morgan fingerprint density at radius 1 is 0.895 bits per heavy atom. The summed E-state index contributed by atoms with van der Waals surface area (Å²) in [5.74, 6) is 3.43. The van der Waals surface area contributed by atoms with E-state index in [1.54, 1.807) is 0 Å². The Kier molecular flexibility index (Phi) is 2.84. The largest absolute Gasteiger partial charge is 0.129 e. The molecule has 0 heterocycles. The monoisotopic (exact) mass is 262 g/mol. The first-order valence-electron chi connectivity index (χ1n) is 6.78. The van der Waals surface area contributed by atoms with E-state index in [-0.39, 0.29) is 0 Å². The predicted octanol–water partition coefficient (Wildman–Crippen LogP) is 4.49. The topological polar surface area (TPSA) is 0 Å². The highest BCUT2D eigenvalue weighted by Crippen LogP contribution is 2.37. The van der Waals surface area contributed by atoms with Crippen molar-refractivity contribution in [3.8, 4) is 22.6 Å². The number of benzene rings is 2. The van der Waals surface area contributed by atoms with Gasteiger partial charge in [0.1, 0.15) is 8.07 Å². The average Bonchev–Trinajstić information content (AvgIpc) is 2.74. The molecule has 3 rings (SSSR count). The van der Waals surface area contributed by atoms with Gasteiger partial charge in [-0.15, -0.1) is 5.54 Å². The second-order valence-corrected chi connectivity index (χ2v) is 10.9. The number of fused-ring (bicyclic) bond motifs is 3. The first kappa shape index (κ1) is 12.3. The van der Waals surface area contributed by atoms with Gasteiger partial charge in [-0.2, -0.15) is 0 Å². The normalized spacial score (nSPS) is 12.4. The molecule has 0 radical (unpaired) electrons. The molecule has 0 unspecified atom stereocenters. The first-order valence-corrected chi connectivity index (χ1v) is 10.3. The van der Waals surface area contributed by atoms with Crippen LogP contribution >= 0.6 is 0 Å². The van der Waals surface area contributed by atoms with Crippen LogP contribution in [0.5, 0.6) is 0 Å². The van der Waals surface area contributed by atoms with Crippen LogP contribution in [-0.4, -0.2) is 8.07 Å². The molecule has 1 aliphatic carbocycles. The smallest absolute Gasteiger partial charge is 0.127 e. The lowest BCUT2D eigenvalue weighted by Gasteiger charge is -2.06. The highest BCUT2D eigenvalue weighted by atomic mass is 28.3. The molecule has 2 aromatic carbocycles. The number of hydrogen-bond donors (Lipinski definition) is 0. The minimum Gasteiger partial charge on any atom is -0.127 e. The molecule has 0 N–H and O–H groups in total. The molecule has 0 nitrogen and oxygen atoms in total. The van der Waals surface area contributed by atoms with Crippen molar-refractivity contribution in [3.63, 3.8) is 0 Å². The highest BCUT2D eigenvalue weighted by Gasteiger charge is 2.19. The summed E-state index contributed by atoms with van der Waals surface area (Å²) in [7, 11) is -1.31. The maximum Gasteiger partial charge on any atom is 0.129 e. The molecule has 0 spiro atoms. The van der Waals surface area contributed by atoms with E-state index >= 15 is 0 Å². The Balaban J connectivity index is 2.11. The van der Waals surface area contributed by atoms with Gasteiger partial charge in [0.15, 0.2) is 0 Å². The van der Waals surface area contributed by atoms with Gasteiger partial charge in [-0.1, -0.05) is 62.0 Å². The molecule has 0 aliphatic heterocycles. The van der Waals surface area contributed by atoms with E-state index in [2.05, 4.69) is 73.6 Å². The quantitative estimate of drug-likeness (QED) is 0.414. The summed E-state index contributed by atoms with van der Waals surface area (Å²) >= 11 is 0. The summed E-state index contributed by atoms with van der Waals surface area (Å²) < 4.78 is 0. The van der Waals surface area contributed by atoms with Crippen LogP contribution in [0.2, 0.25) is 19.6 Å². The Morgan fingerprint density at radius 2 is 1.63 bits per heavy atom. The molecule has 0 aromatic heterocycles. The van der Waals surface area contributed by atoms with Crippen molar-refractivity contribution < 1.29 is 0 Å². The standard InChI is InChI=1S/C18H18Si/c1-19(2,3)12-11-14-8-6-10-17-16-9-5-4-7-15(16)13-18(14)17/h4-10H,13H2,1-3H3. The lowest BCUT2D eigenvalue weighted by Crippen LogP contribution is -2.16. The molecular weight excluding hydrogens is 244 g/mol. The third-order valence-electron chi connectivity index (χ3n) is 3.42. The minimum atomic E-state index is -1.31. The van der Waals surface area contributed by atoms with Gasteiger partial charge in [0, 0.05) is 5.56 Å². The average molecular weight is 262 g/mol. The van der Waals surface area contributed by atoms with Crippen LogP contribution in [0.25, 0.3) is 11.1 Å². The molecule has 1 heteroatoms. The van der Waals surface area contributed by atoms with Crippen LogP contribution in [0, 0.1) is 11.5 Å². The summed E-state index contributed by atoms with van der Waals surface area (Å²) in [4.78, 5) is 0. The first-order chi connectivity index (χ1) is 9.04. The van der Waals surface area contributed by atoms with Crippen LogP contribution in [0.15, 0.2) is 42.5 Å². The summed E-state index contributed by atoms with van der Waals surface area (Å²) in [5.41, 5.74) is 10.3. The zero-order chi connectivity index (χ0) is 13.5. The molecular formula is C18H18Si. The maximum atomic E-state index is 3.48. The zero-order valence-corrected chi connectivity index (χ0v) is 12.7. The Hall–Kier alpha value is -1.78. The molecule has 0 amide bonds. The van der Waals surface area contributed by atoms with Gasteiger partial charge in [0.2, 0.25) is 0 Å². The van der Waals surface area contributed by atoms with Gasteiger partial charge in [-0.3, -0.25) is 0 Å². The van der Waals surface area contributed by atoms with Crippen LogP contribution in [0.1, 0.15) is 16.7 Å². The summed E-state index contributed by atoms with van der Waals surface area (Å²) in [5, 5.41) is 0. The summed E-state index contributed by atoms with van der Waals surface area (Å²) in [6.07, 6.45) is 1.03. The van der Waals surface area contributed by atoms with Gasteiger partial charge in [-0.05, 0) is 34.7 Å². The number of rotatable bonds is 0. The van der Waals surface area contributed by atoms with Crippen LogP contribution in [0.3, 0.4) is 0 Å². The molecule has 1 aliphatic rings. The number of hydrogen-bond acceptors (Lipinski definition) is 0. The highest BCUT2D eigenvalue weighted by molar-refractivity contribution is 6.83. The van der Waals surface area contributed by atoms with E-state index in [1.807, 2.05) is 0 Å². The van der Waals surface area contributed by atoms with Crippen molar-refractivity contribution in [2.75, 3.05) is 0 Å². The minimum absolute atomic E-state index is 1.03. The van der Waals surface area contributed by atoms with Crippen molar-refractivity contribution in [3.05, 3.63) is 59.2 Å². The van der Waals surface area contributed by atoms with Crippen molar-refractivity contribution in [1.82, 2.24) is 0 Å². The summed E-state index contributed by atoms with van der Waals surface area (Å²) in [6.45, 7) is 6.87. The summed E-state index contributed by atoms with van der Waals surface area (Å²) in [6, 6.07) is 15.2. The molecule has 0 atom stereocenters. The van der Waals surface area contributed by atoms with Crippen molar-refractivity contribution in [2.24, 2.45) is 0 Å². The maximum absolute atomic E-state index is 3.48. The molecule has 2 aromatic rings. The lowest BCUT2D eigenvalue weighted by molar-refractivity contribution is 1.25. The van der Waals surface area contributed by atoms with Gasteiger partial charge in [0.05, 0.1) is 0 Å². The third-order valence-corrected chi connectivity index (χ3v) is 4.30. The van der Waals surface area contributed by atoms with Crippen LogP contribution in [-0.2, 0) is 6.42 Å². The predicted molar refractivity (Wildman–Crippen MR) is 84.9 cm³/mol. The van der Waals surface area contributed by atoms with Crippen molar-refractivity contribution in [1.29, 1.82) is 0 Å². The fourth-order valence-corrected chi connectivity index (χ4v) is 3.04. The van der Waals surface area contributed by atoms with Crippen molar-refractivity contribution >= 4 is 8.07 Å². The molecule has 0 saturated carbocycles. The fourth-order valence-electron chi connectivity index (χ4n) is 2.53. The zero-order valence-electron chi connectivity index (χ0n) is 11.7. The van der Waals surface area contributed by atoms with E-state index in [9.17, 15) is 0 Å². The molecule has 0 saturated heterocycles. The third kappa shape index (κ3) is 2.37. The van der Waals surface area contributed by atoms with E-state index in [0.29, 0.717) is 0 Å². The van der Waals surface area contributed by atoms with E-state index in [1.165, 1.54) is 27.8 Å². The Morgan fingerprint density at radius 3 is 2.42 bits per heavy atom. The SMILES string of the molecule is C[Si](C)(C)C#Cc1cccc2c1Cc1ccccc1-2. The van der Waals surface area contributed by atoms with Crippen LogP contribution < -0.4 is 0 Å². The van der Waals surface area contributed by atoms with Crippen molar-refractivity contribution in [2.45, 2.75) is 26.1 Å². The second-order valence-electron chi connectivity index (χ2n) is 6.17. The Labute approximate surface area is 116 Å². The van der Waals surface area contributed by atoms with Gasteiger partial charge in [-0.25, -0.2) is 0 Å². The molecule has 19 heavy (non-hydrogen) atoms. The lowest BCUT2D eigenvalue weighted by atomic mass is 10.0. The van der Waals surface area contributed by atoms with Gasteiger partial charge < -0.3 is 0 Å². The molecule has 94 valence electrons. The van der Waals surface area contributed by atoms with E-state index in [0.717, 1.165) is 6.42 Å². The molecule has 0 bridgehead atoms. The molecule has 0 fully saturated rings. The van der Waals surface area contributed by atoms with E-state index < -0.39 is 8.07 Å². The second kappa shape index (κ2) is 4.40. The van der Waals surface area contributed by atoms with E-state index in [4.69, 9.17) is 0 Å².